The number of benzene rings is 1. The summed E-state index contributed by atoms with van der Waals surface area (Å²) >= 11 is 1.59. The Morgan fingerprint density at radius 1 is 1.20 bits per heavy atom. The molecule has 0 radical (unpaired) electrons. The molecule has 3 aromatic rings. The number of amides is 1. The van der Waals surface area contributed by atoms with Crippen LogP contribution in [0.3, 0.4) is 0 Å². The third-order valence-electron chi connectivity index (χ3n) is 3.55. The van der Waals surface area contributed by atoms with E-state index in [1.54, 1.807) is 35.0 Å². The van der Waals surface area contributed by atoms with Crippen molar-refractivity contribution in [2.45, 2.75) is 12.3 Å². The topological polar surface area (TPSA) is 72.7 Å². The van der Waals surface area contributed by atoms with Gasteiger partial charge in [0.05, 0.1) is 29.9 Å². The fourth-order valence-corrected chi connectivity index (χ4v) is 3.17. The van der Waals surface area contributed by atoms with Crippen LogP contribution in [0.1, 0.15) is 11.3 Å². The number of nitrogens with zero attached hydrogens (tertiary/aromatic N) is 4. The Bertz CT molecular complexity index is 834. The molecule has 1 aromatic carbocycles. The second-order valence-corrected chi connectivity index (χ2v) is 6.50. The number of hydrogen-bond donors (Lipinski definition) is 1. The third-order valence-corrected chi connectivity index (χ3v) is 4.55. The molecule has 0 aliphatic rings. The molecule has 0 unspecified atom stereocenters. The van der Waals surface area contributed by atoms with Crippen LogP contribution in [0.25, 0.3) is 11.3 Å². The van der Waals surface area contributed by atoms with Crippen LogP contribution < -0.4 is 5.32 Å². The fraction of sp³-hybridized carbons (Fsp3) is 0.222. The molecular formula is C18H19N5OS. The van der Waals surface area contributed by atoms with E-state index in [1.807, 2.05) is 31.4 Å². The van der Waals surface area contributed by atoms with Gasteiger partial charge in [-0.1, -0.05) is 30.3 Å². The summed E-state index contributed by atoms with van der Waals surface area (Å²) in [6.07, 6.45) is 6.89. The van der Waals surface area contributed by atoms with Crippen LogP contribution in [0.15, 0.2) is 55.1 Å². The van der Waals surface area contributed by atoms with E-state index in [4.69, 9.17) is 0 Å². The molecule has 0 aliphatic carbocycles. The van der Waals surface area contributed by atoms with E-state index in [2.05, 4.69) is 32.5 Å². The molecule has 128 valence electrons. The molecular weight excluding hydrogens is 334 g/mol. The van der Waals surface area contributed by atoms with Gasteiger partial charge in [0.15, 0.2) is 0 Å². The standard InChI is InChI=1S/C18H19N5OS/c1-23-11-15(9-22-23)18-16(19-7-8-20-18)10-21-17(24)13-25-12-14-5-3-2-4-6-14/h2-9,11H,10,12-13H2,1H3,(H,21,24). The molecule has 7 heteroatoms. The predicted octanol–water partition coefficient (Wildman–Crippen LogP) is 2.43. The Morgan fingerprint density at radius 3 is 2.76 bits per heavy atom. The van der Waals surface area contributed by atoms with Crippen LogP contribution in [0.4, 0.5) is 0 Å². The van der Waals surface area contributed by atoms with E-state index in [0.717, 1.165) is 22.7 Å². The maximum absolute atomic E-state index is 12.1. The highest BCUT2D eigenvalue weighted by Gasteiger charge is 2.11. The summed E-state index contributed by atoms with van der Waals surface area (Å²) in [5, 5.41) is 7.07. The molecule has 1 amide bonds. The van der Waals surface area contributed by atoms with Gasteiger partial charge < -0.3 is 5.32 Å². The second kappa shape index (κ2) is 8.43. The van der Waals surface area contributed by atoms with Crippen molar-refractivity contribution in [3.8, 4) is 11.3 Å². The molecule has 6 nitrogen and oxygen atoms in total. The average Bonchev–Trinajstić information content (AvgIpc) is 3.07. The van der Waals surface area contributed by atoms with Gasteiger partial charge in [-0.05, 0) is 5.56 Å². The lowest BCUT2D eigenvalue weighted by Gasteiger charge is -2.08. The van der Waals surface area contributed by atoms with Crippen LogP contribution in [0.2, 0.25) is 0 Å². The van der Waals surface area contributed by atoms with Crippen molar-refractivity contribution in [3.63, 3.8) is 0 Å². The molecule has 0 atom stereocenters. The molecule has 2 aromatic heterocycles. The van der Waals surface area contributed by atoms with Crippen molar-refractivity contribution in [2.75, 3.05) is 5.75 Å². The number of hydrogen-bond acceptors (Lipinski definition) is 5. The molecule has 0 saturated carbocycles. The van der Waals surface area contributed by atoms with E-state index < -0.39 is 0 Å². The Labute approximate surface area is 150 Å². The van der Waals surface area contributed by atoms with E-state index >= 15 is 0 Å². The van der Waals surface area contributed by atoms with E-state index in [0.29, 0.717) is 12.3 Å². The summed E-state index contributed by atoms with van der Waals surface area (Å²) in [4.78, 5) is 20.8. The molecule has 2 heterocycles. The van der Waals surface area contributed by atoms with E-state index in [1.165, 1.54) is 5.56 Å². The highest BCUT2D eigenvalue weighted by atomic mass is 32.2. The van der Waals surface area contributed by atoms with Crippen LogP contribution in [-0.4, -0.2) is 31.4 Å². The summed E-state index contributed by atoms with van der Waals surface area (Å²) in [6.45, 7) is 0.350. The summed E-state index contributed by atoms with van der Waals surface area (Å²) in [6, 6.07) is 10.1. The minimum Gasteiger partial charge on any atom is -0.350 e. The Kier molecular flexibility index (Phi) is 5.79. The molecule has 3 rings (SSSR count). The van der Waals surface area contributed by atoms with Crippen molar-refractivity contribution in [1.82, 2.24) is 25.1 Å². The Hall–Kier alpha value is -2.67. The lowest BCUT2D eigenvalue weighted by atomic mass is 10.2. The van der Waals surface area contributed by atoms with Crippen molar-refractivity contribution in [2.24, 2.45) is 7.05 Å². The Morgan fingerprint density at radius 2 is 2.00 bits per heavy atom. The van der Waals surface area contributed by atoms with Crippen LogP contribution in [0.5, 0.6) is 0 Å². The van der Waals surface area contributed by atoms with E-state index in [9.17, 15) is 4.79 Å². The Balaban J connectivity index is 1.52. The minimum absolute atomic E-state index is 0.0104. The number of carbonyl (C=O) groups excluding carboxylic acids is 1. The highest BCUT2D eigenvalue weighted by Crippen LogP contribution is 2.18. The van der Waals surface area contributed by atoms with Crippen molar-refractivity contribution in [1.29, 1.82) is 0 Å². The molecule has 25 heavy (non-hydrogen) atoms. The van der Waals surface area contributed by atoms with Gasteiger partial charge in [-0.15, -0.1) is 11.8 Å². The van der Waals surface area contributed by atoms with Crippen molar-refractivity contribution < 1.29 is 4.79 Å². The molecule has 0 saturated heterocycles. The predicted molar refractivity (Wildman–Crippen MR) is 98.7 cm³/mol. The van der Waals surface area contributed by atoms with Crippen LogP contribution >= 0.6 is 11.8 Å². The van der Waals surface area contributed by atoms with Crippen LogP contribution in [0, 0.1) is 0 Å². The number of carbonyl (C=O) groups is 1. The summed E-state index contributed by atoms with van der Waals surface area (Å²) in [5.74, 6) is 1.22. The number of aryl methyl sites for hydroxylation is 1. The van der Waals surface area contributed by atoms with Gasteiger partial charge in [0.2, 0.25) is 5.91 Å². The van der Waals surface area contributed by atoms with Crippen LogP contribution in [-0.2, 0) is 24.1 Å². The first-order valence-electron chi connectivity index (χ1n) is 7.89. The lowest BCUT2D eigenvalue weighted by Crippen LogP contribution is -2.25. The highest BCUT2D eigenvalue weighted by molar-refractivity contribution is 7.99. The molecule has 0 spiro atoms. The number of aromatic nitrogens is 4. The average molecular weight is 353 g/mol. The number of nitrogens with one attached hydrogen (secondary N) is 1. The number of rotatable bonds is 7. The second-order valence-electron chi connectivity index (χ2n) is 5.51. The van der Waals surface area contributed by atoms with Gasteiger partial charge >= 0.3 is 0 Å². The first kappa shape index (κ1) is 17.2. The van der Waals surface area contributed by atoms with Crippen molar-refractivity contribution in [3.05, 3.63) is 66.4 Å². The SMILES string of the molecule is Cn1cc(-c2nccnc2CNC(=O)CSCc2ccccc2)cn1. The van der Waals surface area contributed by atoms with Gasteiger partial charge in [0, 0.05) is 37.0 Å². The van der Waals surface area contributed by atoms with Gasteiger partial charge in [0.25, 0.3) is 0 Å². The van der Waals surface area contributed by atoms with Gasteiger partial charge in [0.1, 0.15) is 0 Å². The first-order valence-corrected chi connectivity index (χ1v) is 9.05. The monoisotopic (exact) mass is 353 g/mol. The van der Waals surface area contributed by atoms with Gasteiger partial charge in [-0.3, -0.25) is 19.4 Å². The first-order chi connectivity index (χ1) is 12.2. The molecule has 0 aliphatic heterocycles. The largest absolute Gasteiger partial charge is 0.350 e. The zero-order chi connectivity index (χ0) is 17.5. The smallest absolute Gasteiger partial charge is 0.230 e. The normalized spacial score (nSPS) is 10.6. The minimum atomic E-state index is -0.0104. The maximum atomic E-state index is 12.1. The molecule has 0 bridgehead atoms. The van der Waals surface area contributed by atoms with Crippen molar-refractivity contribution >= 4 is 17.7 Å². The van der Waals surface area contributed by atoms with Gasteiger partial charge in [-0.2, -0.15) is 5.10 Å². The summed E-state index contributed by atoms with van der Waals surface area (Å²) in [7, 11) is 1.85. The molecule has 1 N–H and O–H groups in total. The zero-order valence-electron chi connectivity index (χ0n) is 13.9. The zero-order valence-corrected chi connectivity index (χ0v) is 14.7. The summed E-state index contributed by atoms with van der Waals surface area (Å²) < 4.78 is 1.71. The summed E-state index contributed by atoms with van der Waals surface area (Å²) in [5.41, 5.74) is 3.58. The van der Waals surface area contributed by atoms with Gasteiger partial charge in [-0.25, -0.2) is 0 Å². The number of thioether (sulfide) groups is 1. The quantitative estimate of drug-likeness (QED) is 0.706. The third kappa shape index (κ3) is 4.90. The molecule has 0 fully saturated rings. The van der Waals surface area contributed by atoms with E-state index in [-0.39, 0.29) is 5.91 Å². The fourth-order valence-electron chi connectivity index (χ4n) is 2.35. The lowest BCUT2D eigenvalue weighted by molar-refractivity contribution is -0.118. The maximum Gasteiger partial charge on any atom is 0.230 e.